The molecule has 8 heteroatoms. The van der Waals surface area contributed by atoms with Crippen molar-refractivity contribution in [2.45, 2.75) is 63.8 Å². The van der Waals surface area contributed by atoms with Gasteiger partial charge in [-0.3, -0.25) is 14.3 Å². The Bertz CT molecular complexity index is 1020. The predicted molar refractivity (Wildman–Crippen MR) is 118 cm³/mol. The molecule has 2 saturated heterocycles. The van der Waals surface area contributed by atoms with Crippen LogP contribution < -0.4 is 10.1 Å². The van der Waals surface area contributed by atoms with Gasteiger partial charge < -0.3 is 19.7 Å². The maximum absolute atomic E-state index is 12.8. The number of benzene rings is 1. The Morgan fingerprint density at radius 2 is 2.12 bits per heavy atom. The molecule has 32 heavy (non-hydrogen) atoms. The van der Waals surface area contributed by atoms with Gasteiger partial charge in [-0.15, -0.1) is 0 Å². The van der Waals surface area contributed by atoms with Gasteiger partial charge in [0.1, 0.15) is 5.75 Å². The Kier molecular flexibility index (Phi) is 5.41. The Morgan fingerprint density at radius 3 is 2.91 bits per heavy atom. The van der Waals surface area contributed by atoms with Gasteiger partial charge in [0.05, 0.1) is 29.9 Å². The van der Waals surface area contributed by atoms with Crippen LogP contribution in [-0.2, 0) is 22.5 Å². The smallest absolute Gasteiger partial charge is 0.261 e. The van der Waals surface area contributed by atoms with Crippen molar-refractivity contribution in [2.75, 3.05) is 19.7 Å². The second-order valence-electron chi connectivity index (χ2n) is 9.57. The molecule has 170 valence electrons. The molecule has 2 atom stereocenters. The van der Waals surface area contributed by atoms with E-state index in [-0.39, 0.29) is 17.9 Å². The summed E-state index contributed by atoms with van der Waals surface area (Å²) in [6.07, 6.45) is 6.95. The molecule has 1 N–H and O–H groups in total. The van der Waals surface area contributed by atoms with Crippen LogP contribution in [0.25, 0.3) is 0 Å². The summed E-state index contributed by atoms with van der Waals surface area (Å²) in [6, 6.07) is 5.97. The van der Waals surface area contributed by atoms with E-state index in [1.807, 2.05) is 26.0 Å². The summed E-state index contributed by atoms with van der Waals surface area (Å²) in [5, 5.41) is 7.42. The highest BCUT2D eigenvalue weighted by Gasteiger charge is 2.44. The molecule has 2 unspecified atom stereocenters. The summed E-state index contributed by atoms with van der Waals surface area (Å²) < 4.78 is 13.4. The fraction of sp³-hybridized carbons (Fsp3) is 0.542. The first-order chi connectivity index (χ1) is 15.4. The normalized spacial score (nSPS) is 23.8. The van der Waals surface area contributed by atoms with Gasteiger partial charge in [-0.05, 0) is 44.7 Å². The van der Waals surface area contributed by atoms with Crippen molar-refractivity contribution < 1.29 is 19.1 Å². The number of carbonyl (C=O) groups excluding carboxylic acids is 2. The molecule has 0 spiro atoms. The number of aryl methyl sites for hydroxylation is 1. The van der Waals surface area contributed by atoms with E-state index in [9.17, 15) is 9.59 Å². The van der Waals surface area contributed by atoms with Crippen LogP contribution >= 0.6 is 0 Å². The van der Waals surface area contributed by atoms with Gasteiger partial charge in [0, 0.05) is 32.3 Å². The van der Waals surface area contributed by atoms with E-state index in [0.29, 0.717) is 31.6 Å². The second kappa shape index (κ2) is 8.24. The first-order valence-corrected chi connectivity index (χ1v) is 11.4. The third-order valence-corrected chi connectivity index (χ3v) is 6.52. The average molecular weight is 439 g/mol. The third kappa shape index (κ3) is 4.24. The molecule has 2 aromatic rings. The number of carbonyl (C=O) groups is 2. The zero-order chi connectivity index (χ0) is 22.3. The molecule has 2 fully saturated rings. The van der Waals surface area contributed by atoms with Crippen LogP contribution in [0, 0.1) is 6.92 Å². The maximum Gasteiger partial charge on any atom is 0.261 e. The van der Waals surface area contributed by atoms with Crippen LogP contribution in [0.5, 0.6) is 5.75 Å². The van der Waals surface area contributed by atoms with E-state index in [4.69, 9.17) is 9.47 Å². The minimum atomic E-state index is -0.520. The minimum absolute atomic E-state index is 0.0625. The van der Waals surface area contributed by atoms with Crippen LogP contribution in [0.2, 0.25) is 0 Å². The summed E-state index contributed by atoms with van der Waals surface area (Å²) in [5.74, 6) is 0.586. The molecule has 3 aliphatic heterocycles. The fourth-order valence-electron chi connectivity index (χ4n) is 4.84. The number of hydrogen-bond donors (Lipinski definition) is 1. The third-order valence-electron chi connectivity index (χ3n) is 6.52. The zero-order valence-corrected chi connectivity index (χ0v) is 18.7. The number of likely N-dealkylation sites (tertiary alicyclic amines) is 1. The molecule has 3 aliphatic rings. The molecular formula is C24H30N4O4. The van der Waals surface area contributed by atoms with E-state index < -0.39 is 11.6 Å². The monoisotopic (exact) mass is 438 g/mol. The number of hydrogen-bond acceptors (Lipinski definition) is 5. The number of fused-ring (bicyclic) bond motifs is 1. The Hall–Kier alpha value is -2.87. The van der Waals surface area contributed by atoms with E-state index in [1.165, 1.54) is 6.42 Å². The van der Waals surface area contributed by atoms with Crippen LogP contribution in [0.3, 0.4) is 0 Å². The van der Waals surface area contributed by atoms with Crippen LogP contribution in [-0.4, -0.2) is 63.9 Å². The van der Waals surface area contributed by atoms with Crippen LogP contribution in [0.4, 0.5) is 0 Å². The SMILES string of the molecule is Cc1ccc2c(c1)CC(C(=O)NC1(C)CN(C(=O)c3cnn(CC4CCCCO4)c3)C1)O2. The summed E-state index contributed by atoms with van der Waals surface area (Å²) in [7, 11) is 0. The van der Waals surface area contributed by atoms with Gasteiger partial charge in [0.2, 0.25) is 0 Å². The molecule has 5 rings (SSSR count). The number of ether oxygens (including phenoxy) is 2. The van der Waals surface area contributed by atoms with Gasteiger partial charge in [-0.2, -0.15) is 5.10 Å². The van der Waals surface area contributed by atoms with E-state index in [1.54, 1.807) is 22.0 Å². The lowest BCUT2D eigenvalue weighted by atomic mass is 9.91. The van der Waals surface area contributed by atoms with Crippen molar-refractivity contribution in [1.82, 2.24) is 20.0 Å². The molecule has 4 heterocycles. The lowest BCUT2D eigenvalue weighted by molar-refractivity contribution is -0.130. The summed E-state index contributed by atoms with van der Waals surface area (Å²) in [6.45, 7) is 6.39. The second-order valence-corrected chi connectivity index (χ2v) is 9.57. The first kappa shape index (κ1) is 21.0. The Labute approximate surface area is 187 Å². The quantitative estimate of drug-likeness (QED) is 0.773. The van der Waals surface area contributed by atoms with Gasteiger partial charge >= 0.3 is 0 Å². The highest BCUT2D eigenvalue weighted by molar-refractivity contribution is 5.94. The number of nitrogens with zero attached hydrogens (tertiary/aromatic N) is 3. The fourth-order valence-corrected chi connectivity index (χ4v) is 4.84. The van der Waals surface area contributed by atoms with Crippen LogP contribution in [0.15, 0.2) is 30.6 Å². The summed E-state index contributed by atoms with van der Waals surface area (Å²) in [4.78, 5) is 27.4. The average Bonchev–Trinajstić information content (AvgIpc) is 3.39. The zero-order valence-electron chi connectivity index (χ0n) is 18.7. The molecule has 0 radical (unpaired) electrons. The van der Waals surface area contributed by atoms with Gasteiger partial charge in [0.15, 0.2) is 6.10 Å². The molecule has 0 saturated carbocycles. The van der Waals surface area contributed by atoms with Gasteiger partial charge in [0.25, 0.3) is 11.8 Å². The Balaban J connectivity index is 1.12. The van der Waals surface area contributed by atoms with E-state index in [0.717, 1.165) is 36.3 Å². The van der Waals surface area contributed by atoms with Crippen LogP contribution in [0.1, 0.15) is 47.7 Å². The van der Waals surface area contributed by atoms with Crippen molar-refractivity contribution in [3.63, 3.8) is 0 Å². The summed E-state index contributed by atoms with van der Waals surface area (Å²) >= 11 is 0. The molecule has 8 nitrogen and oxygen atoms in total. The van der Waals surface area contributed by atoms with Crippen molar-refractivity contribution in [3.05, 3.63) is 47.3 Å². The van der Waals surface area contributed by atoms with Gasteiger partial charge in [-0.25, -0.2) is 0 Å². The number of aromatic nitrogens is 2. The predicted octanol–water partition coefficient (Wildman–Crippen LogP) is 2.10. The molecular weight excluding hydrogens is 408 g/mol. The summed E-state index contributed by atoms with van der Waals surface area (Å²) in [5.41, 5.74) is 2.34. The largest absolute Gasteiger partial charge is 0.480 e. The standard InChI is InChI=1S/C24H30N4O4/c1-16-6-7-20-17(9-16)10-21(32-20)22(29)26-24(2)14-27(15-24)23(30)18-11-25-28(12-18)13-19-5-3-4-8-31-19/h6-7,9,11-12,19,21H,3-5,8,10,13-15H2,1-2H3,(H,26,29). The van der Waals surface area contributed by atoms with Crippen molar-refractivity contribution in [3.8, 4) is 5.75 Å². The van der Waals surface area contributed by atoms with Gasteiger partial charge in [-0.1, -0.05) is 17.7 Å². The molecule has 1 aromatic heterocycles. The highest BCUT2D eigenvalue weighted by Crippen LogP contribution is 2.30. The number of nitrogens with one attached hydrogen (secondary N) is 1. The first-order valence-electron chi connectivity index (χ1n) is 11.4. The molecule has 0 bridgehead atoms. The lowest BCUT2D eigenvalue weighted by Crippen LogP contribution is -2.70. The lowest BCUT2D eigenvalue weighted by Gasteiger charge is -2.48. The highest BCUT2D eigenvalue weighted by atomic mass is 16.5. The van der Waals surface area contributed by atoms with Crippen molar-refractivity contribution in [2.24, 2.45) is 0 Å². The topological polar surface area (TPSA) is 85.7 Å². The van der Waals surface area contributed by atoms with Crippen molar-refractivity contribution in [1.29, 1.82) is 0 Å². The number of amides is 2. The molecule has 1 aromatic carbocycles. The van der Waals surface area contributed by atoms with E-state index >= 15 is 0 Å². The number of rotatable bonds is 5. The molecule has 0 aliphatic carbocycles. The van der Waals surface area contributed by atoms with Crippen molar-refractivity contribution >= 4 is 11.8 Å². The van der Waals surface area contributed by atoms with E-state index in [2.05, 4.69) is 16.5 Å². The minimum Gasteiger partial charge on any atom is -0.480 e. The Morgan fingerprint density at radius 1 is 1.28 bits per heavy atom. The molecule has 2 amide bonds. The maximum atomic E-state index is 12.8.